The summed E-state index contributed by atoms with van der Waals surface area (Å²) in [5.74, 6) is -1.08. The molecule has 1 aromatic carbocycles. The molecule has 0 amide bonds. The summed E-state index contributed by atoms with van der Waals surface area (Å²) in [7, 11) is 0. The van der Waals surface area contributed by atoms with E-state index in [1.54, 1.807) is 0 Å². The largest absolute Gasteiger partial charge is 0.478 e. The van der Waals surface area contributed by atoms with Gasteiger partial charge in [0.1, 0.15) is 5.03 Å². The Morgan fingerprint density at radius 1 is 1.11 bits per heavy atom. The molecule has 1 N–H and O–H groups in total. The second-order valence-electron chi connectivity index (χ2n) is 3.80. The number of aromatic carboxylic acids is 1. The number of hydrogen-bond acceptors (Lipinski definition) is 4. The van der Waals surface area contributed by atoms with E-state index in [1.807, 2.05) is 30.3 Å². The molecular formula is C14H11NO3S. The molecule has 0 atom stereocenters. The molecule has 1 heterocycles. The minimum Gasteiger partial charge on any atom is -0.478 e. The number of carboxylic acids is 1. The molecule has 0 aliphatic carbocycles. The normalized spacial score (nSPS) is 10.1. The van der Waals surface area contributed by atoms with Crippen LogP contribution in [0.4, 0.5) is 0 Å². The van der Waals surface area contributed by atoms with E-state index in [4.69, 9.17) is 5.11 Å². The average molecular weight is 273 g/mol. The number of aromatic nitrogens is 1. The van der Waals surface area contributed by atoms with Crippen LogP contribution in [0.5, 0.6) is 0 Å². The van der Waals surface area contributed by atoms with Crippen LogP contribution in [-0.4, -0.2) is 21.2 Å². The summed E-state index contributed by atoms with van der Waals surface area (Å²) in [6, 6.07) is 12.3. The summed E-state index contributed by atoms with van der Waals surface area (Å²) in [5.41, 5.74) is 0.946. The monoisotopic (exact) mass is 273 g/mol. The number of carbonyl (C=O) groups is 2. The first-order valence-electron chi connectivity index (χ1n) is 5.60. The molecule has 1 aromatic heterocycles. The van der Waals surface area contributed by atoms with Crippen LogP contribution < -0.4 is 0 Å². The first kappa shape index (κ1) is 13.3. The number of nitrogens with zero attached hydrogens (tertiary/aromatic N) is 1. The van der Waals surface area contributed by atoms with E-state index in [0.29, 0.717) is 0 Å². The predicted molar refractivity (Wildman–Crippen MR) is 72.2 cm³/mol. The van der Waals surface area contributed by atoms with Gasteiger partial charge in [-0.1, -0.05) is 30.3 Å². The van der Waals surface area contributed by atoms with Gasteiger partial charge in [-0.2, -0.15) is 0 Å². The van der Waals surface area contributed by atoms with Gasteiger partial charge in [-0.15, -0.1) is 0 Å². The lowest BCUT2D eigenvalue weighted by molar-refractivity contribution is -0.110. The van der Waals surface area contributed by atoms with Crippen molar-refractivity contribution in [3.8, 4) is 0 Å². The molecule has 0 aliphatic rings. The van der Waals surface area contributed by atoms with Gasteiger partial charge in [-0.3, -0.25) is 4.79 Å². The molecule has 96 valence electrons. The van der Waals surface area contributed by atoms with E-state index in [2.05, 4.69) is 4.98 Å². The fourth-order valence-electron chi connectivity index (χ4n) is 1.54. The maximum absolute atomic E-state index is 11.9. The third-order valence-corrected chi connectivity index (χ3v) is 3.29. The van der Waals surface area contributed by atoms with Crippen molar-refractivity contribution in [1.29, 1.82) is 0 Å². The standard InChI is InChI=1S/C14H11NO3S/c16-12(9-10-5-2-1-3-6-10)19-13-11(14(17)18)7-4-8-15-13/h1-8H,9H2,(H,17,18). The number of thioether (sulfide) groups is 1. The number of hydrogen-bond donors (Lipinski definition) is 1. The summed E-state index contributed by atoms with van der Waals surface area (Å²) < 4.78 is 0. The number of carbonyl (C=O) groups excluding carboxylic acids is 1. The van der Waals surface area contributed by atoms with Crippen LogP contribution in [-0.2, 0) is 11.2 Å². The molecule has 0 spiro atoms. The highest BCUT2D eigenvalue weighted by atomic mass is 32.2. The minimum atomic E-state index is -1.08. The van der Waals surface area contributed by atoms with E-state index in [1.165, 1.54) is 18.3 Å². The van der Waals surface area contributed by atoms with Gasteiger partial charge in [0.05, 0.1) is 5.56 Å². The third kappa shape index (κ3) is 3.66. The molecule has 0 bridgehead atoms. The zero-order valence-electron chi connectivity index (χ0n) is 9.95. The number of pyridine rings is 1. The van der Waals surface area contributed by atoms with Crippen molar-refractivity contribution in [2.24, 2.45) is 0 Å². The lowest BCUT2D eigenvalue weighted by Crippen LogP contribution is -2.04. The van der Waals surface area contributed by atoms with Gasteiger partial charge >= 0.3 is 5.97 Å². The molecule has 5 heteroatoms. The summed E-state index contributed by atoms with van der Waals surface area (Å²) >= 11 is 0.863. The Labute approximate surface area is 114 Å². The van der Waals surface area contributed by atoms with E-state index < -0.39 is 5.97 Å². The highest BCUT2D eigenvalue weighted by Gasteiger charge is 2.15. The average Bonchev–Trinajstić information content (AvgIpc) is 2.40. The molecule has 2 rings (SSSR count). The maximum atomic E-state index is 11.9. The number of rotatable bonds is 4. The minimum absolute atomic E-state index is 0.0499. The summed E-state index contributed by atoms with van der Waals surface area (Å²) in [4.78, 5) is 26.8. The van der Waals surface area contributed by atoms with Gasteiger partial charge in [0.15, 0.2) is 5.12 Å². The Balaban J connectivity index is 2.09. The second kappa shape index (κ2) is 6.15. The van der Waals surface area contributed by atoms with Crippen molar-refractivity contribution >= 4 is 22.8 Å². The third-order valence-electron chi connectivity index (χ3n) is 2.40. The van der Waals surface area contributed by atoms with Crippen LogP contribution in [0.3, 0.4) is 0 Å². The molecule has 0 fully saturated rings. The van der Waals surface area contributed by atoms with Crippen LogP contribution in [0, 0.1) is 0 Å². The highest BCUT2D eigenvalue weighted by molar-refractivity contribution is 8.13. The fourth-order valence-corrected chi connectivity index (χ4v) is 2.37. The van der Waals surface area contributed by atoms with Gasteiger partial charge in [-0.05, 0) is 29.5 Å². The maximum Gasteiger partial charge on any atom is 0.338 e. The van der Waals surface area contributed by atoms with Gasteiger partial charge in [0.2, 0.25) is 0 Å². The van der Waals surface area contributed by atoms with Crippen LogP contribution >= 0.6 is 11.8 Å². The Kier molecular flexibility index (Phi) is 4.30. The van der Waals surface area contributed by atoms with Gasteiger partial charge in [0, 0.05) is 12.6 Å². The van der Waals surface area contributed by atoms with E-state index in [-0.39, 0.29) is 22.1 Å². The Morgan fingerprint density at radius 2 is 1.84 bits per heavy atom. The quantitative estimate of drug-likeness (QED) is 0.867. The summed E-state index contributed by atoms with van der Waals surface area (Å²) in [6.07, 6.45) is 1.73. The molecular weight excluding hydrogens is 262 g/mol. The van der Waals surface area contributed by atoms with Crippen LogP contribution in [0.15, 0.2) is 53.7 Å². The Hall–Kier alpha value is -2.14. The van der Waals surface area contributed by atoms with E-state index >= 15 is 0 Å². The number of benzene rings is 1. The fraction of sp³-hybridized carbons (Fsp3) is 0.0714. The summed E-state index contributed by atoms with van der Waals surface area (Å²) in [6.45, 7) is 0. The van der Waals surface area contributed by atoms with Crippen molar-refractivity contribution in [2.75, 3.05) is 0 Å². The van der Waals surface area contributed by atoms with Crippen molar-refractivity contribution in [1.82, 2.24) is 4.98 Å². The van der Waals surface area contributed by atoms with Gasteiger partial charge in [-0.25, -0.2) is 9.78 Å². The predicted octanol–water partition coefficient (Wildman–Crippen LogP) is 2.64. The molecule has 0 saturated carbocycles. The van der Waals surface area contributed by atoms with E-state index in [0.717, 1.165) is 17.3 Å². The SMILES string of the molecule is O=C(Cc1ccccc1)Sc1ncccc1C(=O)O. The lowest BCUT2D eigenvalue weighted by Gasteiger charge is -2.03. The summed E-state index contributed by atoms with van der Waals surface area (Å²) in [5, 5.41) is 9.10. The van der Waals surface area contributed by atoms with Crippen molar-refractivity contribution in [2.45, 2.75) is 11.4 Å². The van der Waals surface area contributed by atoms with Crippen LogP contribution in [0.1, 0.15) is 15.9 Å². The zero-order chi connectivity index (χ0) is 13.7. The molecule has 0 radical (unpaired) electrons. The molecule has 0 aliphatic heterocycles. The Morgan fingerprint density at radius 3 is 2.53 bits per heavy atom. The molecule has 4 nitrogen and oxygen atoms in total. The van der Waals surface area contributed by atoms with Crippen LogP contribution in [0.2, 0.25) is 0 Å². The molecule has 0 unspecified atom stereocenters. The lowest BCUT2D eigenvalue weighted by atomic mass is 10.2. The van der Waals surface area contributed by atoms with E-state index in [9.17, 15) is 9.59 Å². The van der Waals surface area contributed by atoms with Gasteiger partial charge in [0.25, 0.3) is 0 Å². The van der Waals surface area contributed by atoms with Gasteiger partial charge < -0.3 is 5.11 Å². The smallest absolute Gasteiger partial charge is 0.338 e. The van der Waals surface area contributed by atoms with Crippen molar-refractivity contribution in [3.05, 3.63) is 59.8 Å². The first-order valence-corrected chi connectivity index (χ1v) is 6.41. The van der Waals surface area contributed by atoms with Crippen molar-refractivity contribution < 1.29 is 14.7 Å². The zero-order valence-corrected chi connectivity index (χ0v) is 10.8. The first-order chi connectivity index (χ1) is 9.16. The molecule has 19 heavy (non-hydrogen) atoms. The Bertz CT molecular complexity index is 599. The number of carboxylic acid groups (broad SMARTS) is 1. The molecule has 2 aromatic rings. The van der Waals surface area contributed by atoms with Crippen LogP contribution in [0.25, 0.3) is 0 Å². The van der Waals surface area contributed by atoms with Crippen molar-refractivity contribution in [3.63, 3.8) is 0 Å². The second-order valence-corrected chi connectivity index (χ2v) is 4.84. The molecule has 0 saturated heterocycles. The highest BCUT2D eigenvalue weighted by Crippen LogP contribution is 2.22. The topological polar surface area (TPSA) is 67.3 Å².